The molecule has 0 spiro atoms. The van der Waals surface area contributed by atoms with Crippen LogP contribution in [0.15, 0.2) is 0 Å². The maximum atomic E-state index is 11.9. The molecule has 2 fully saturated rings. The number of rotatable bonds is 2. The van der Waals surface area contributed by atoms with Crippen molar-refractivity contribution in [1.29, 1.82) is 0 Å². The lowest BCUT2D eigenvalue weighted by Gasteiger charge is -2.44. The molecule has 2 atom stereocenters. The molecule has 1 aliphatic heterocycles. The maximum absolute atomic E-state index is 11.9. The number of fused-ring (bicyclic) bond motifs is 1. The SMILES string of the molecule is O=C(CCCl)N1CCC[C@H]2CCCC[C@H]21. The molecule has 1 heterocycles. The fraction of sp³-hybridized carbons (Fsp3) is 0.917. The molecule has 86 valence electrons. The number of halogens is 1. The number of carbonyl (C=O) groups is 1. The first-order valence-electron chi connectivity index (χ1n) is 6.18. The van der Waals surface area contributed by atoms with Gasteiger partial charge >= 0.3 is 0 Å². The van der Waals surface area contributed by atoms with Crippen LogP contribution in [-0.2, 0) is 4.79 Å². The van der Waals surface area contributed by atoms with Crippen LogP contribution < -0.4 is 0 Å². The van der Waals surface area contributed by atoms with E-state index in [-0.39, 0.29) is 5.91 Å². The van der Waals surface area contributed by atoms with Crippen LogP contribution in [0.1, 0.15) is 44.9 Å². The van der Waals surface area contributed by atoms with E-state index in [0.29, 0.717) is 18.3 Å². The molecule has 0 aromatic rings. The number of hydrogen-bond donors (Lipinski definition) is 0. The highest BCUT2D eigenvalue weighted by atomic mass is 35.5. The summed E-state index contributed by atoms with van der Waals surface area (Å²) in [6.07, 6.45) is 8.24. The molecule has 1 saturated carbocycles. The minimum absolute atomic E-state index is 0.279. The van der Waals surface area contributed by atoms with E-state index >= 15 is 0 Å². The van der Waals surface area contributed by atoms with Gasteiger partial charge < -0.3 is 4.90 Å². The molecule has 1 aliphatic carbocycles. The number of alkyl halides is 1. The first kappa shape index (κ1) is 11.3. The minimum Gasteiger partial charge on any atom is -0.339 e. The zero-order valence-corrected chi connectivity index (χ0v) is 10.0. The zero-order valence-electron chi connectivity index (χ0n) is 9.25. The molecule has 3 heteroatoms. The number of likely N-dealkylation sites (tertiary alicyclic amines) is 1. The second kappa shape index (κ2) is 5.20. The Balaban J connectivity index is 2.00. The van der Waals surface area contributed by atoms with Crippen LogP contribution >= 0.6 is 11.6 Å². The van der Waals surface area contributed by atoms with Crippen molar-refractivity contribution in [3.63, 3.8) is 0 Å². The molecule has 0 aromatic carbocycles. The highest BCUT2D eigenvalue weighted by Crippen LogP contribution is 2.35. The lowest BCUT2D eigenvalue weighted by atomic mass is 9.78. The van der Waals surface area contributed by atoms with Crippen LogP contribution in [0.25, 0.3) is 0 Å². The van der Waals surface area contributed by atoms with Gasteiger partial charge in [0.05, 0.1) is 0 Å². The zero-order chi connectivity index (χ0) is 10.7. The number of amides is 1. The highest BCUT2D eigenvalue weighted by molar-refractivity contribution is 6.18. The number of carbonyl (C=O) groups excluding carboxylic acids is 1. The van der Waals surface area contributed by atoms with Gasteiger partial charge in [0.25, 0.3) is 0 Å². The second-order valence-electron chi connectivity index (χ2n) is 4.78. The van der Waals surface area contributed by atoms with E-state index < -0.39 is 0 Å². The van der Waals surface area contributed by atoms with Crippen LogP contribution in [0.3, 0.4) is 0 Å². The van der Waals surface area contributed by atoms with E-state index in [1.165, 1.54) is 38.5 Å². The number of hydrogen-bond acceptors (Lipinski definition) is 1. The summed E-state index contributed by atoms with van der Waals surface area (Å²) < 4.78 is 0. The Morgan fingerprint density at radius 3 is 2.73 bits per heavy atom. The van der Waals surface area contributed by atoms with Crippen molar-refractivity contribution in [3.8, 4) is 0 Å². The molecule has 2 aliphatic rings. The summed E-state index contributed by atoms with van der Waals surface area (Å²) in [6, 6.07) is 0.545. The topological polar surface area (TPSA) is 20.3 Å². The molecule has 1 saturated heterocycles. The second-order valence-corrected chi connectivity index (χ2v) is 5.16. The minimum atomic E-state index is 0.279. The quantitative estimate of drug-likeness (QED) is 0.667. The summed E-state index contributed by atoms with van der Waals surface area (Å²) in [5, 5.41) is 0. The van der Waals surface area contributed by atoms with Crippen molar-refractivity contribution >= 4 is 17.5 Å². The Morgan fingerprint density at radius 1 is 1.20 bits per heavy atom. The third-order valence-electron chi connectivity index (χ3n) is 3.87. The van der Waals surface area contributed by atoms with Gasteiger partial charge in [-0.2, -0.15) is 0 Å². The average molecular weight is 230 g/mol. The number of piperidine rings is 1. The van der Waals surface area contributed by atoms with Crippen LogP contribution in [-0.4, -0.2) is 29.3 Å². The van der Waals surface area contributed by atoms with Crippen molar-refractivity contribution in [1.82, 2.24) is 4.90 Å². The van der Waals surface area contributed by atoms with E-state index in [2.05, 4.69) is 4.90 Å². The van der Waals surface area contributed by atoms with Crippen molar-refractivity contribution in [2.24, 2.45) is 5.92 Å². The van der Waals surface area contributed by atoms with E-state index in [4.69, 9.17) is 11.6 Å². The van der Waals surface area contributed by atoms with Crippen LogP contribution in [0.5, 0.6) is 0 Å². The summed E-state index contributed by atoms with van der Waals surface area (Å²) in [4.78, 5) is 14.0. The van der Waals surface area contributed by atoms with Gasteiger partial charge in [0.1, 0.15) is 0 Å². The largest absolute Gasteiger partial charge is 0.339 e. The summed E-state index contributed by atoms with van der Waals surface area (Å²) in [5.41, 5.74) is 0. The summed E-state index contributed by atoms with van der Waals surface area (Å²) in [5.74, 6) is 1.53. The van der Waals surface area contributed by atoms with Crippen molar-refractivity contribution < 1.29 is 4.79 Å². The Morgan fingerprint density at radius 2 is 1.93 bits per heavy atom. The van der Waals surface area contributed by atoms with Gasteiger partial charge in [0, 0.05) is 24.9 Å². The molecular formula is C12H20ClNO. The predicted octanol–water partition coefficient (Wildman–Crippen LogP) is 2.80. The third kappa shape index (κ3) is 2.47. The predicted molar refractivity (Wildman–Crippen MR) is 62.0 cm³/mol. The van der Waals surface area contributed by atoms with Gasteiger partial charge in [-0.15, -0.1) is 11.6 Å². The molecule has 15 heavy (non-hydrogen) atoms. The highest BCUT2D eigenvalue weighted by Gasteiger charge is 2.35. The first-order chi connectivity index (χ1) is 7.33. The Bertz CT molecular complexity index is 230. The average Bonchev–Trinajstić information content (AvgIpc) is 2.28. The van der Waals surface area contributed by atoms with Gasteiger partial charge in [0.2, 0.25) is 5.91 Å². The normalized spacial score (nSPS) is 31.1. The maximum Gasteiger partial charge on any atom is 0.224 e. The molecule has 2 rings (SSSR count). The van der Waals surface area contributed by atoms with Crippen LogP contribution in [0, 0.1) is 5.92 Å². The fourth-order valence-corrected chi connectivity index (χ4v) is 3.32. The van der Waals surface area contributed by atoms with E-state index in [0.717, 1.165) is 12.5 Å². The van der Waals surface area contributed by atoms with Crippen molar-refractivity contribution in [2.75, 3.05) is 12.4 Å². The lowest BCUT2D eigenvalue weighted by molar-refractivity contribution is -0.137. The molecule has 0 bridgehead atoms. The van der Waals surface area contributed by atoms with E-state index in [1.54, 1.807) is 0 Å². The molecule has 0 N–H and O–H groups in total. The Hall–Kier alpha value is -0.240. The Labute approximate surface area is 97.0 Å². The van der Waals surface area contributed by atoms with Crippen molar-refractivity contribution in [3.05, 3.63) is 0 Å². The van der Waals surface area contributed by atoms with Gasteiger partial charge in [0.15, 0.2) is 0 Å². The fourth-order valence-electron chi connectivity index (χ4n) is 3.16. The molecule has 0 radical (unpaired) electrons. The van der Waals surface area contributed by atoms with Gasteiger partial charge in [-0.3, -0.25) is 4.79 Å². The Kier molecular flexibility index (Phi) is 3.90. The molecule has 0 unspecified atom stereocenters. The van der Waals surface area contributed by atoms with Crippen LogP contribution in [0.2, 0.25) is 0 Å². The lowest BCUT2D eigenvalue weighted by Crippen LogP contribution is -2.49. The van der Waals surface area contributed by atoms with Gasteiger partial charge in [-0.05, 0) is 31.6 Å². The summed E-state index contributed by atoms with van der Waals surface area (Å²) in [6.45, 7) is 0.969. The van der Waals surface area contributed by atoms with E-state index in [9.17, 15) is 4.79 Å². The standard InChI is InChI=1S/C12H20ClNO/c13-8-7-12(15)14-9-3-5-10-4-1-2-6-11(10)14/h10-11H,1-9H2/t10-,11-/m1/s1. The first-order valence-corrected chi connectivity index (χ1v) is 6.72. The molecule has 1 amide bonds. The summed E-state index contributed by atoms with van der Waals surface area (Å²) >= 11 is 5.64. The van der Waals surface area contributed by atoms with Crippen molar-refractivity contribution in [2.45, 2.75) is 51.0 Å². The van der Waals surface area contributed by atoms with Gasteiger partial charge in [-0.25, -0.2) is 0 Å². The monoisotopic (exact) mass is 229 g/mol. The molecule has 2 nitrogen and oxygen atoms in total. The van der Waals surface area contributed by atoms with E-state index in [1.807, 2.05) is 0 Å². The smallest absolute Gasteiger partial charge is 0.224 e. The molecular weight excluding hydrogens is 210 g/mol. The number of nitrogens with zero attached hydrogens (tertiary/aromatic N) is 1. The van der Waals surface area contributed by atoms with Crippen LogP contribution in [0.4, 0.5) is 0 Å². The molecule has 0 aromatic heterocycles. The van der Waals surface area contributed by atoms with Gasteiger partial charge in [-0.1, -0.05) is 12.8 Å². The third-order valence-corrected chi connectivity index (χ3v) is 4.06. The summed E-state index contributed by atoms with van der Waals surface area (Å²) in [7, 11) is 0.